The lowest BCUT2D eigenvalue weighted by Crippen LogP contribution is -2.41. The summed E-state index contributed by atoms with van der Waals surface area (Å²) in [5.41, 5.74) is 7.63. The summed E-state index contributed by atoms with van der Waals surface area (Å²) in [5, 5.41) is 4.69. The highest BCUT2D eigenvalue weighted by Crippen LogP contribution is 2.29. The van der Waals surface area contributed by atoms with Crippen LogP contribution in [0.4, 0.5) is 10.6 Å². The molecule has 0 radical (unpaired) electrons. The van der Waals surface area contributed by atoms with Crippen molar-refractivity contribution in [2.75, 3.05) is 18.8 Å². The van der Waals surface area contributed by atoms with E-state index in [0.29, 0.717) is 24.8 Å². The number of rotatable bonds is 2. The fourth-order valence-corrected chi connectivity index (χ4v) is 3.07. The van der Waals surface area contributed by atoms with E-state index >= 15 is 0 Å². The number of nitrogens with zero attached hydrogens (tertiary/aromatic N) is 3. The number of aromatic nitrogens is 2. The fraction of sp³-hybridized carbons (Fsp3) is 0.474. The molecule has 1 aliphatic rings. The summed E-state index contributed by atoms with van der Waals surface area (Å²) >= 11 is 0. The van der Waals surface area contributed by atoms with Gasteiger partial charge in [-0.3, -0.25) is 0 Å². The monoisotopic (exact) mass is 342 g/mol. The van der Waals surface area contributed by atoms with E-state index < -0.39 is 5.60 Å². The molecular weight excluding hydrogens is 316 g/mol. The van der Waals surface area contributed by atoms with Gasteiger partial charge in [0, 0.05) is 25.1 Å². The van der Waals surface area contributed by atoms with E-state index in [-0.39, 0.29) is 6.09 Å². The molecule has 1 aliphatic heterocycles. The summed E-state index contributed by atoms with van der Waals surface area (Å²) < 4.78 is 7.22. The molecule has 6 nitrogen and oxygen atoms in total. The molecule has 0 aliphatic carbocycles. The zero-order chi connectivity index (χ0) is 18.0. The molecule has 134 valence electrons. The van der Waals surface area contributed by atoms with Gasteiger partial charge in [-0.15, -0.1) is 0 Å². The molecule has 1 aromatic carbocycles. The summed E-state index contributed by atoms with van der Waals surface area (Å²) in [5.74, 6) is 0.946. The van der Waals surface area contributed by atoms with Gasteiger partial charge in [0.25, 0.3) is 0 Å². The highest BCUT2D eigenvalue weighted by Gasteiger charge is 2.28. The number of benzene rings is 1. The summed E-state index contributed by atoms with van der Waals surface area (Å²) in [6.07, 6.45) is 1.50. The second-order valence-electron chi connectivity index (χ2n) is 7.48. The Hall–Kier alpha value is -2.50. The molecule has 1 amide bonds. The minimum atomic E-state index is -0.461. The van der Waals surface area contributed by atoms with Crippen LogP contribution >= 0.6 is 0 Å². The standard InChI is InChI=1S/C19H26N4O2/c1-19(2,3)25-18(24)22-11-9-14(10-12-22)16-13-17(20)23(21-16)15-7-5-4-6-8-15/h4-8,13-14H,9-12,20H2,1-3H3. The van der Waals surface area contributed by atoms with Crippen LogP contribution in [0.2, 0.25) is 0 Å². The van der Waals surface area contributed by atoms with Crippen molar-refractivity contribution in [1.29, 1.82) is 0 Å². The number of hydrogen-bond acceptors (Lipinski definition) is 4. The fourth-order valence-electron chi connectivity index (χ4n) is 3.07. The Morgan fingerprint density at radius 2 is 1.84 bits per heavy atom. The number of likely N-dealkylation sites (tertiary alicyclic amines) is 1. The van der Waals surface area contributed by atoms with Crippen LogP contribution in [0, 0.1) is 0 Å². The summed E-state index contributed by atoms with van der Waals surface area (Å²) in [6.45, 7) is 7.01. The summed E-state index contributed by atoms with van der Waals surface area (Å²) in [7, 11) is 0. The van der Waals surface area contributed by atoms with E-state index in [0.717, 1.165) is 24.2 Å². The molecule has 2 aromatic rings. The minimum absolute atomic E-state index is 0.236. The van der Waals surface area contributed by atoms with Crippen LogP contribution in [-0.4, -0.2) is 39.5 Å². The smallest absolute Gasteiger partial charge is 0.410 e. The normalized spacial score (nSPS) is 16.0. The van der Waals surface area contributed by atoms with E-state index in [2.05, 4.69) is 5.10 Å². The first-order chi connectivity index (χ1) is 11.8. The van der Waals surface area contributed by atoms with Gasteiger partial charge >= 0.3 is 6.09 Å². The summed E-state index contributed by atoms with van der Waals surface area (Å²) in [4.78, 5) is 13.9. The van der Waals surface area contributed by atoms with Crippen LogP contribution in [0.5, 0.6) is 0 Å². The first-order valence-corrected chi connectivity index (χ1v) is 8.72. The number of carbonyl (C=O) groups is 1. The first-order valence-electron chi connectivity index (χ1n) is 8.72. The van der Waals surface area contributed by atoms with Crippen molar-refractivity contribution in [3.63, 3.8) is 0 Å². The number of amides is 1. The van der Waals surface area contributed by atoms with Gasteiger partial charge in [-0.05, 0) is 45.7 Å². The van der Waals surface area contributed by atoms with Crippen LogP contribution in [0.25, 0.3) is 5.69 Å². The number of piperidine rings is 1. The number of ether oxygens (including phenoxy) is 1. The Kier molecular flexibility index (Phi) is 4.70. The van der Waals surface area contributed by atoms with Crippen molar-refractivity contribution < 1.29 is 9.53 Å². The third-order valence-electron chi connectivity index (χ3n) is 4.32. The Morgan fingerprint density at radius 1 is 1.20 bits per heavy atom. The van der Waals surface area contributed by atoms with Gasteiger partial charge in [-0.2, -0.15) is 5.10 Å². The van der Waals surface area contributed by atoms with Crippen molar-refractivity contribution >= 4 is 11.9 Å². The van der Waals surface area contributed by atoms with Crippen molar-refractivity contribution in [3.05, 3.63) is 42.1 Å². The lowest BCUT2D eigenvalue weighted by molar-refractivity contribution is 0.0204. The third kappa shape index (κ3) is 4.13. The van der Waals surface area contributed by atoms with E-state index in [9.17, 15) is 4.79 Å². The minimum Gasteiger partial charge on any atom is -0.444 e. The maximum atomic E-state index is 12.2. The zero-order valence-electron chi connectivity index (χ0n) is 15.1. The van der Waals surface area contributed by atoms with Gasteiger partial charge in [0.2, 0.25) is 0 Å². The molecule has 0 atom stereocenters. The average Bonchev–Trinajstić information content (AvgIpc) is 2.96. The molecule has 0 spiro atoms. The molecule has 0 unspecified atom stereocenters. The van der Waals surface area contributed by atoms with Gasteiger partial charge in [0.1, 0.15) is 11.4 Å². The van der Waals surface area contributed by atoms with Crippen molar-refractivity contribution in [2.24, 2.45) is 0 Å². The molecule has 2 heterocycles. The van der Waals surface area contributed by atoms with Crippen LogP contribution in [0.1, 0.15) is 45.2 Å². The molecule has 1 aromatic heterocycles. The predicted molar refractivity (Wildman–Crippen MR) is 97.8 cm³/mol. The van der Waals surface area contributed by atoms with Gasteiger partial charge in [-0.25, -0.2) is 9.48 Å². The number of para-hydroxylation sites is 1. The number of carbonyl (C=O) groups excluding carboxylic acids is 1. The molecule has 1 fully saturated rings. The van der Waals surface area contributed by atoms with Crippen molar-refractivity contribution in [2.45, 2.75) is 45.1 Å². The Balaban J connectivity index is 1.65. The predicted octanol–water partition coefficient (Wildman–Crippen LogP) is 3.57. The SMILES string of the molecule is CC(C)(C)OC(=O)N1CCC(c2cc(N)n(-c3ccccc3)n2)CC1. The lowest BCUT2D eigenvalue weighted by atomic mass is 9.94. The molecule has 1 saturated heterocycles. The number of nitrogens with two attached hydrogens (primary N) is 1. The van der Waals surface area contributed by atoms with Crippen LogP contribution in [-0.2, 0) is 4.74 Å². The second kappa shape index (κ2) is 6.78. The topological polar surface area (TPSA) is 73.4 Å². The van der Waals surface area contributed by atoms with Gasteiger partial charge < -0.3 is 15.4 Å². The molecule has 25 heavy (non-hydrogen) atoms. The first kappa shape index (κ1) is 17.3. The second-order valence-corrected chi connectivity index (χ2v) is 7.48. The molecule has 2 N–H and O–H groups in total. The van der Waals surface area contributed by atoms with Gasteiger partial charge in [0.15, 0.2) is 0 Å². The number of hydrogen-bond donors (Lipinski definition) is 1. The van der Waals surface area contributed by atoms with Crippen molar-refractivity contribution in [1.82, 2.24) is 14.7 Å². The molecular formula is C19H26N4O2. The van der Waals surface area contributed by atoms with E-state index in [4.69, 9.17) is 10.5 Å². The van der Waals surface area contributed by atoms with E-state index in [1.165, 1.54) is 0 Å². The quantitative estimate of drug-likeness (QED) is 0.905. The number of nitrogen functional groups attached to an aromatic ring is 1. The maximum absolute atomic E-state index is 12.2. The molecule has 3 rings (SSSR count). The summed E-state index contributed by atoms with van der Waals surface area (Å²) in [6, 6.07) is 11.8. The van der Waals surface area contributed by atoms with Crippen molar-refractivity contribution in [3.8, 4) is 5.69 Å². The van der Waals surface area contributed by atoms with Gasteiger partial charge in [0.05, 0.1) is 11.4 Å². The van der Waals surface area contributed by atoms with E-state index in [1.54, 1.807) is 9.58 Å². The third-order valence-corrected chi connectivity index (χ3v) is 4.32. The maximum Gasteiger partial charge on any atom is 0.410 e. The van der Waals surface area contributed by atoms with Crippen LogP contribution in [0.15, 0.2) is 36.4 Å². The van der Waals surface area contributed by atoms with E-state index in [1.807, 2.05) is 57.2 Å². The van der Waals surface area contributed by atoms with Gasteiger partial charge in [-0.1, -0.05) is 18.2 Å². The highest BCUT2D eigenvalue weighted by molar-refractivity contribution is 5.68. The van der Waals surface area contributed by atoms with Crippen LogP contribution < -0.4 is 5.73 Å². The zero-order valence-corrected chi connectivity index (χ0v) is 15.1. The Morgan fingerprint density at radius 3 is 2.44 bits per heavy atom. The van der Waals surface area contributed by atoms with Crippen LogP contribution in [0.3, 0.4) is 0 Å². The average molecular weight is 342 g/mol. The highest BCUT2D eigenvalue weighted by atomic mass is 16.6. The molecule has 0 bridgehead atoms. The molecule has 6 heteroatoms. The molecule has 0 saturated carbocycles. The Bertz CT molecular complexity index is 726. The largest absolute Gasteiger partial charge is 0.444 e. The Labute approximate surface area is 148 Å². The number of anilines is 1. The lowest BCUT2D eigenvalue weighted by Gasteiger charge is -2.32.